The summed E-state index contributed by atoms with van der Waals surface area (Å²) in [6, 6.07) is 8.21. The Bertz CT molecular complexity index is 1160. The van der Waals surface area contributed by atoms with E-state index in [-0.39, 0.29) is 18.4 Å². The maximum absolute atomic E-state index is 13.2. The van der Waals surface area contributed by atoms with Crippen LogP contribution in [0.5, 0.6) is 0 Å². The first-order valence-electron chi connectivity index (χ1n) is 10.5. The second kappa shape index (κ2) is 9.58. The van der Waals surface area contributed by atoms with Crippen molar-refractivity contribution in [1.82, 2.24) is 4.98 Å². The van der Waals surface area contributed by atoms with E-state index in [1.807, 2.05) is 19.1 Å². The highest BCUT2D eigenvalue weighted by atomic mass is 19.4. The lowest BCUT2D eigenvalue weighted by atomic mass is 9.66. The Balaban J connectivity index is 1.82. The number of ketones is 1. The molecule has 1 aromatic carbocycles. The summed E-state index contributed by atoms with van der Waals surface area (Å²) in [5, 5.41) is 12.1. The topological polar surface area (TPSA) is 131 Å². The third-order valence-electron chi connectivity index (χ3n) is 5.71. The number of nitrogens with one attached hydrogen (secondary N) is 1. The number of hydrogen-bond acceptors (Lipinski definition) is 6. The molecule has 1 aromatic heterocycles. The minimum Gasteiger partial charge on any atom is -0.481 e. The third kappa shape index (κ3) is 5.94. The Morgan fingerprint density at radius 1 is 1.24 bits per heavy atom. The van der Waals surface area contributed by atoms with Gasteiger partial charge in [0.05, 0.1) is 30.1 Å². The number of pyridine rings is 1. The molecule has 1 unspecified atom stereocenters. The fraction of sp³-hybridized carbons (Fsp3) is 0.292. The van der Waals surface area contributed by atoms with Gasteiger partial charge < -0.3 is 21.9 Å². The number of hydrogen-bond donors (Lipinski definition) is 4. The Kier molecular flexibility index (Phi) is 6.99. The first-order chi connectivity index (χ1) is 15.9. The number of nitrogens with two attached hydrogens (primary N) is 2. The maximum atomic E-state index is 13.2. The van der Waals surface area contributed by atoms with E-state index in [1.54, 1.807) is 24.4 Å². The van der Waals surface area contributed by atoms with E-state index in [1.165, 1.54) is 12.1 Å². The number of nitrogens with zero attached hydrogens (tertiary/aromatic N) is 1. The number of carbonyl (C=O) groups is 2. The van der Waals surface area contributed by atoms with E-state index in [4.69, 9.17) is 16.6 Å². The van der Waals surface area contributed by atoms with Gasteiger partial charge in [-0.1, -0.05) is 12.1 Å². The molecule has 0 saturated heterocycles. The highest BCUT2D eigenvalue weighted by Gasteiger charge is 2.50. The van der Waals surface area contributed by atoms with Crippen molar-refractivity contribution in [1.29, 1.82) is 0 Å². The molecule has 0 radical (unpaired) electrons. The molecule has 1 heterocycles. The van der Waals surface area contributed by atoms with Gasteiger partial charge >= 0.3 is 12.1 Å². The van der Waals surface area contributed by atoms with E-state index in [2.05, 4.69) is 10.3 Å². The number of alkyl halides is 3. The van der Waals surface area contributed by atoms with Crippen LogP contribution in [0.2, 0.25) is 0 Å². The molecular formula is C24H25F3N4O3. The molecule has 2 aromatic rings. The largest absolute Gasteiger partial charge is 0.481 e. The van der Waals surface area contributed by atoms with Gasteiger partial charge in [0.2, 0.25) is 0 Å². The molecule has 0 spiro atoms. The first kappa shape index (κ1) is 24.8. The smallest absolute Gasteiger partial charge is 0.390 e. The number of anilines is 1. The highest BCUT2D eigenvalue weighted by molar-refractivity contribution is 6.04. The third-order valence-corrected chi connectivity index (χ3v) is 5.71. The summed E-state index contributed by atoms with van der Waals surface area (Å²) in [5.41, 5.74) is 13.2. The number of benzene rings is 1. The molecule has 0 saturated carbocycles. The Morgan fingerprint density at radius 3 is 2.59 bits per heavy atom. The molecule has 0 aliphatic heterocycles. The van der Waals surface area contributed by atoms with Gasteiger partial charge in [-0.3, -0.25) is 14.6 Å². The SMILES string of the molecule is Cc1ccc(N/C(N)=C/C=C(\N)c2ccc3c(c2)CCC(CC(=O)O)(CC(F)(F)F)C3=O)cn1. The van der Waals surface area contributed by atoms with Crippen LogP contribution >= 0.6 is 0 Å². The van der Waals surface area contributed by atoms with Gasteiger partial charge in [-0.15, -0.1) is 0 Å². The van der Waals surface area contributed by atoms with Gasteiger partial charge in [0, 0.05) is 17.0 Å². The van der Waals surface area contributed by atoms with Crippen LogP contribution in [0.4, 0.5) is 18.9 Å². The number of Topliss-reactive ketones (excluding diaryl/α,β-unsaturated/α-hetero) is 1. The van der Waals surface area contributed by atoms with Crippen molar-refractivity contribution in [3.05, 3.63) is 76.9 Å². The molecule has 180 valence electrons. The Hall–Kier alpha value is -3.82. The van der Waals surface area contributed by atoms with Crippen LogP contribution in [0, 0.1) is 12.3 Å². The van der Waals surface area contributed by atoms with Crippen LogP contribution in [-0.2, 0) is 11.2 Å². The molecule has 3 rings (SSSR count). The molecule has 1 atom stereocenters. The van der Waals surface area contributed by atoms with Gasteiger partial charge in [-0.05, 0) is 61.2 Å². The predicted molar refractivity (Wildman–Crippen MR) is 121 cm³/mol. The van der Waals surface area contributed by atoms with Gasteiger partial charge in [-0.2, -0.15) is 13.2 Å². The van der Waals surface area contributed by atoms with Gasteiger partial charge in [0.15, 0.2) is 5.78 Å². The fourth-order valence-corrected chi connectivity index (χ4v) is 4.07. The Labute approximate surface area is 194 Å². The van der Waals surface area contributed by atoms with E-state index < -0.39 is 36.2 Å². The minimum absolute atomic E-state index is 0.0943. The molecule has 0 amide bonds. The van der Waals surface area contributed by atoms with Crippen LogP contribution in [0.3, 0.4) is 0 Å². The summed E-state index contributed by atoms with van der Waals surface area (Å²) in [6.45, 7) is 1.86. The monoisotopic (exact) mass is 474 g/mol. The molecule has 6 N–H and O–H groups in total. The van der Waals surface area contributed by atoms with E-state index in [0.29, 0.717) is 28.3 Å². The second-order valence-electron chi connectivity index (χ2n) is 8.40. The number of aliphatic carboxylic acids is 1. The normalized spacial score (nSPS) is 19.0. The van der Waals surface area contributed by atoms with Crippen LogP contribution < -0.4 is 16.8 Å². The average molecular weight is 474 g/mol. The number of halogens is 3. The summed E-state index contributed by atoms with van der Waals surface area (Å²) < 4.78 is 39.5. The standard InChI is InChI=1S/C24H25F3N4O3/c1-14-2-4-17(12-30-14)31-20(29)7-6-19(28)16-3-5-18-15(10-16)8-9-23(22(18)34,11-21(32)33)13-24(25,26)27/h2-7,10,12,31H,8-9,11,13,28-29H2,1H3,(H,32,33)/b19-6-,20-7+. The van der Waals surface area contributed by atoms with Crippen LogP contribution in [0.1, 0.15) is 46.4 Å². The molecule has 7 nitrogen and oxygen atoms in total. The zero-order chi connectivity index (χ0) is 25.1. The number of carboxylic acids is 1. The number of fused-ring (bicyclic) bond motifs is 1. The van der Waals surface area contributed by atoms with Crippen molar-refractivity contribution in [2.75, 3.05) is 5.32 Å². The van der Waals surface area contributed by atoms with E-state index in [0.717, 1.165) is 5.69 Å². The van der Waals surface area contributed by atoms with Gasteiger partial charge in [-0.25, -0.2) is 0 Å². The quantitative estimate of drug-likeness (QED) is 0.444. The number of aromatic nitrogens is 1. The van der Waals surface area contributed by atoms with E-state index in [9.17, 15) is 22.8 Å². The molecule has 1 aliphatic carbocycles. The lowest BCUT2D eigenvalue weighted by molar-refractivity contribution is -0.160. The fourth-order valence-electron chi connectivity index (χ4n) is 4.07. The predicted octanol–water partition coefficient (Wildman–Crippen LogP) is 4.14. The summed E-state index contributed by atoms with van der Waals surface area (Å²) in [7, 11) is 0. The number of carboxylic acid groups (broad SMARTS) is 1. The highest BCUT2D eigenvalue weighted by Crippen LogP contribution is 2.46. The summed E-state index contributed by atoms with van der Waals surface area (Å²) >= 11 is 0. The van der Waals surface area contributed by atoms with Gasteiger partial charge in [0.25, 0.3) is 0 Å². The Morgan fingerprint density at radius 2 is 1.97 bits per heavy atom. The molecule has 34 heavy (non-hydrogen) atoms. The number of aryl methyl sites for hydroxylation is 2. The summed E-state index contributed by atoms with van der Waals surface area (Å²) in [4.78, 5) is 28.4. The lowest BCUT2D eigenvalue weighted by Crippen LogP contribution is -2.41. The minimum atomic E-state index is -4.66. The molecule has 0 bridgehead atoms. The molecular weight excluding hydrogens is 449 g/mol. The number of carbonyl (C=O) groups excluding carboxylic acids is 1. The number of rotatable bonds is 7. The zero-order valence-electron chi connectivity index (χ0n) is 18.4. The van der Waals surface area contributed by atoms with Crippen molar-refractivity contribution >= 4 is 23.1 Å². The first-order valence-corrected chi connectivity index (χ1v) is 10.5. The summed E-state index contributed by atoms with van der Waals surface area (Å²) in [6.07, 6.45) is -2.33. The molecule has 1 aliphatic rings. The van der Waals surface area contributed by atoms with Crippen molar-refractivity contribution in [2.24, 2.45) is 16.9 Å². The lowest BCUT2D eigenvalue weighted by Gasteiger charge is -2.36. The van der Waals surface area contributed by atoms with E-state index >= 15 is 0 Å². The van der Waals surface area contributed by atoms with Crippen molar-refractivity contribution in [2.45, 2.75) is 38.8 Å². The second-order valence-corrected chi connectivity index (χ2v) is 8.40. The van der Waals surface area contributed by atoms with Crippen LogP contribution in [0.25, 0.3) is 5.70 Å². The zero-order valence-corrected chi connectivity index (χ0v) is 18.4. The van der Waals surface area contributed by atoms with Crippen molar-refractivity contribution in [3.63, 3.8) is 0 Å². The van der Waals surface area contributed by atoms with Gasteiger partial charge in [0.1, 0.15) is 5.82 Å². The summed E-state index contributed by atoms with van der Waals surface area (Å²) in [5.74, 6) is -1.93. The van der Waals surface area contributed by atoms with Crippen molar-refractivity contribution in [3.8, 4) is 0 Å². The molecule has 10 heteroatoms. The van der Waals surface area contributed by atoms with Crippen molar-refractivity contribution < 1.29 is 27.9 Å². The van der Waals surface area contributed by atoms with Crippen LogP contribution in [-0.4, -0.2) is 28.0 Å². The number of allylic oxidation sites excluding steroid dienone is 2. The average Bonchev–Trinajstić information content (AvgIpc) is 2.74. The molecule has 0 fully saturated rings. The van der Waals surface area contributed by atoms with Crippen LogP contribution in [0.15, 0.2) is 54.5 Å². The maximum Gasteiger partial charge on any atom is 0.390 e.